The van der Waals surface area contributed by atoms with Gasteiger partial charge in [-0.05, 0) is 31.1 Å². The molecule has 0 saturated heterocycles. The molecule has 1 amide bonds. The topological polar surface area (TPSA) is 75.6 Å². The summed E-state index contributed by atoms with van der Waals surface area (Å²) in [4.78, 5) is 23.0. The van der Waals surface area contributed by atoms with Gasteiger partial charge in [0.1, 0.15) is 12.1 Å². The number of ether oxygens (including phenoxy) is 1. The van der Waals surface area contributed by atoms with E-state index in [0.717, 1.165) is 25.7 Å². The summed E-state index contributed by atoms with van der Waals surface area (Å²) in [5.74, 6) is -0.959. The molecule has 2 aliphatic carbocycles. The Labute approximate surface area is 113 Å². The first-order valence-electron chi connectivity index (χ1n) is 6.81. The Balaban J connectivity index is 1.96. The molecule has 0 atom stereocenters. The van der Waals surface area contributed by atoms with Gasteiger partial charge in [0.25, 0.3) is 0 Å². The SMILES string of the molecule is C=CCOC(=O)NC1(C(=O)O)CC2(CCCCC2)C1. The molecule has 19 heavy (non-hydrogen) atoms. The van der Waals surface area contributed by atoms with Crippen LogP contribution in [0.15, 0.2) is 12.7 Å². The molecule has 0 radical (unpaired) electrons. The maximum Gasteiger partial charge on any atom is 0.408 e. The summed E-state index contributed by atoms with van der Waals surface area (Å²) in [5.41, 5.74) is -1.00. The van der Waals surface area contributed by atoms with Crippen molar-refractivity contribution in [2.45, 2.75) is 50.5 Å². The summed E-state index contributed by atoms with van der Waals surface area (Å²) < 4.78 is 4.82. The molecule has 2 N–H and O–H groups in total. The number of hydrogen-bond donors (Lipinski definition) is 2. The fourth-order valence-electron chi connectivity index (χ4n) is 3.54. The van der Waals surface area contributed by atoms with Gasteiger partial charge in [-0.25, -0.2) is 9.59 Å². The summed E-state index contributed by atoms with van der Waals surface area (Å²) in [6, 6.07) is 0. The number of carboxylic acids is 1. The lowest BCUT2D eigenvalue weighted by Crippen LogP contribution is -2.66. The van der Waals surface area contributed by atoms with E-state index in [4.69, 9.17) is 4.74 Å². The van der Waals surface area contributed by atoms with Gasteiger partial charge in [0.15, 0.2) is 0 Å². The monoisotopic (exact) mass is 267 g/mol. The van der Waals surface area contributed by atoms with E-state index in [2.05, 4.69) is 11.9 Å². The number of carbonyl (C=O) groups is 2. The van der Waals surface area contributed by atoms with E-state index in [0.29, 0.717) is 12.8 Å². The summed E-state index contributed by atoms with van der Waals surface area (Å²) in [6.07, 6.45) is 7.54. The number of carbonyl (C=O) groups excluding carboxylic acids is 1. The van der Waals surface area contributed by atoms with Crippen LogP contribution >= 0.6 is 0 Å². The minimum absolute atomic E-state index is 0.0900. The maximum absolute atomic E-state index is 11.5. The van der Waals surface area contributed by atoms with E-state index in [-0.39, 0.29) is 12.0 Å². The molecule has 0 bridgehead atoms. The van der Waals surface area contributed by atoms with Crippen LogP contribution in [0.5, 0.6) is 0 Å². The number of hydrogen-bond acceptors (Lipinski definition) is 3. The van der Waals surface area contributed by atoms with Gasteiger partial charge < -0.3 is 15.2 Å². The quantitative estimate of drug-likeness (QED) is 0.767. The first kappa shape index (κ1) is 13.9. The van der Waals surface area contributed by atoms with Gasteiger partial charge in [0.05, 0.1) is 0 Å². The van der Waals surface area contributed by atoms with Gasteiger partial charge in [0, 0.05) is 0 Å². The highest BCUT2D eigenvalue weighted by Crippen LogP contribution is 2.56. The van der Waals surface area contributed by atoms with Crippen LogP contribution in [-0.2, 0) is 9.53 Å². The van der Waals surface area contributed by atoms with Crippen LogP contribution in [0.3, 0.4) is 0 Å². The Kier molecular flexibility index (Phi) is 3.83. The van der Waals surface area contributed by atoms with Crippen molar-refractivity contribution in [1.29, 1.82) is 0 Å². The molecule has 5 nitrogen and oxygen atoms in total. The molecule has 2 fully saturated rings. The number of rotatable bonds is 4. The predicted octanol–water partition coefficient (Wildman–Crippen LogP) is 2.47. The van der Waals surface area contributed by atoms with E-state index in [1.54, 1.807) is 0 Å². The number of alkyl carbamates (subject to hydrolysis) is 1. The summed E-state index contributed by atoms with van der Waals surface area (Å²) in [6.45, 7) is 3.54. The Morgan fingerprint density at radius 2 is 1.89 bits per heavy atom. The van der Waals surface area contributed by atoms with E-state index in [1.807, 2.05) is 0 Å². The van der Waals surface area contributed by atoms with Crippen molar-refractivity contribution >= 4 is 12.1 Å². The molecule has 2 saturated carbocycles. The average molecular weight is 267 g/mol. The molecular formula is C14H21NO4. The van der Waals surface area contributed by atoms with E-state index < -0.39 is 17.6 Å². The molecule has 2 aliphatic rings. The second-order valence-corrected chi connectivity index (χ2v) is 5.81. The minimum Gasteiger partial charge on any atom is -0.480 e. The van der Waals surface area contributed by atoms with Gasteiger partial charge in [-0.1, -0.05) is 31.9 Å². The fourth-order valence-corrected chi connectivity index (χ4v) is 3.54. The van der Waals surface area contributed by atoms with Crippen LogP contribution in [0, 0.1) is 5.41 Å². The number of aliphatic carboxylic acids is 1. The second-order valence-electron chi connectivity index (χ2n) is 5.81. The molecule has 0 aromatic rings. The lowest BCUT2D eigenvalue weighted by Gasteiger charge is -2.55. The standard InChI is InChI=1S/C14H21NO4/c1-2-8-19-12(18)15-14(11(16)17)9-13(10-14)6-4-3-5-7-13/h2H,1,3-10H2,(H,15,18)(H,16,17). The smallest absolute Gasteiger partial charge is 0.408 e. The highest BCUT2D eigenvalue weighted by Gasteiger charge is 2.59. The van der Waals surface area contributed by atoms with Crippen molar-refractivity contribution in [2.24, 2.45) is 5.41 Å². The highest BCUT2D eigenvalue weighted by atomic mass is 16.5. The van der Waals surface area contributed by atoms with Crippen molar-refractivity contribution < 1.29 is 19.4 Å². The predicted molar refractivity (Wildman–Crippen MR) is 69.8 cm³/mol. The Hall–Kier alpha value is -1.52. The van der Waals surface area contributed by atoms with Gasteiger partial charge in [-0.15, -0.1) is 0 Å². The van der Waals surface area contributed by atoms with Crippen molar-refractivity contribution in [2.75, 3.05) is 6.61 Å². The molecule has 0 unspecified atom stereocenters. The second kappa shape index (κ2) is 5.23. The number of carboxylic acid groups (broad SMARTS) is 1. The van der Waals surface area contributed by atoms with Crippen LogP contribution in [0.2, 0.25) is 0 Å². The third-order valence-electron chi connectivity index (χ3n) is 4.35. The lowest BCUT2D eigenvalue weighted by molar-refractivity contribution is -0.158. The first-order valence-corrected chi connectivity index (χ1v) is 6.81. The number of nitrogens with one attached hydrogen (secondary N) is 1. The fraction of sp³-hybridized carbons (Fsp3) is 0.714. The zero-order chi connectivity index (χ0) is 13.9. The molecule has 0 aromatic heterocycles. The minimum atomic E-state index is -1.13. The third-order valence-corrected chi connectivity index (χ3v) is 4.35. The molecule has 5 heteroatoms. The largest absolute Gasteiger partial charge is 0.480 e. The zero-order valence-electron chi connectivity index (χ0n) is 11.1. The van der Waals surface area contributed by atoms with Crippen molar-refractivity contribution in [3.8, 4) is 0 Å². The Bertz CT molecular complexity index is 377. The molecular weight excluding hydrogens is 246 g/mol. The molecule has 0 heterocycles. The summed E-state index contributed by atoms with van der Waals surface area (Å²) in [5, 5.41) is 11.9. The normalized spacial score (nSPS) is 23.2. The maximum atomic E-state index is 11.5. The van der Waals surface area contributed by atoms with Crippen LogP contribution in [0.25, 0.3) is 0 Å². The van der Waals surface area contributed by atoms with Gasteiger partial charge in [-0.2, -0.15) is 0 Å². The molecule has 106 valence electrons. The summed E-state index contributed by atoms with van der Waals surface area (Å²) in [7, 11) is 0. The Morgan fingerprint density at radius 1 is 1.26 bits per heavy atom. The van der Waals surface area contributed by atoms with Gasteiger partial charge in [0.2, 0.25) is 0 Å². The average Bonchev–Trinajstić information content (AvgIpc) is 2.35. The zero-order valence-corrected chi connectivity index (χ0v) is 11.1. The van der Waals surface area contributed by atoms with Crippen LogP contribution in [0.1, 0.15) is 44.9 Å². The third kappa shape index (κ3) is 2.74. The number of amides is 1. The first-order chi connectivity index (χ1) is 9.02. The lowest BCUT2D eigenvalue weighted by atomic mass is 9.52. The Morgan fingerprint density at radius 3 is 2.42 bits per heavy atom. The molecule has 2 rings (SSSR count). The van der Waals surface area contributed by atoms with Crippen LogP contribution in [-0.4, -0.2) is 29.3 Å². The van der Waals surface area contributed by atoms with Gasteiger partial charge in [-0.3, -0.25) is 0 Å². The molecule has 0 aliphatic heterocycles. The van der Waals surface area contributed by atoms with Crippen LogP contribution in [0.4, 0.5) is 4.79 Å². The molecule has 0 aromatic carbocycles. The highest BCUT2D eigenvalue weighted by molar-refractivity contribution is 5.85. The van der Waals surface area contributed by atoms with E-state index in [9.17, 15) is 14.7 Å². The van der Waals surface area contributed by atoms with Crippen molar-refractivity contribution in [3.05, 3.63) is 12.7 Å². The summed E-state index contributed by atoms with van der Waals surface area (Å²) >= 11 is 0. The molecule has 1 spiro atoms. The van der Waals surface area contributed by atoms with Gasteiger partial charge >= 0.3 is 12.1 Å². The van der Waals surface area contributed by atoms with E-state index >= 15 is 0 Å². The van der Waals surface area contributed by atoms with Crippen molar-refractivity contribution in [1.82, 2.24) is 5.32 Å². The van der Waals surface area contributed by atoms with E-state index in [1.165, 1.54) is 12.5 Å². The van der Waals surface area contributed by atoms with Crippen molar-refractivity contribution in [3.63, 3.8) is 0 Å². The van der Waals surface area contributed by atoms with Crippen LogP contribution < -0.4 is 5.32 Å².